The van der Waals surface area contributed by atoms with E-state index in [1.807, 2.05) is 6.92 Å². The SMILES string of the molecule is C[C@H]1C2C(CCN1C(=O)CO)NC1C(Cl)C(Cl)CC(C3CCN(C(F)F)N3)C12. The van der Waals surface area contributed by atoms with Gasteiger partial charge in [0.25, 0.3) is 0 Å². The van der Waals surface area contributed by atoms with Crippen LogP contribution in [0, 0.1) is 17.8 Å². The van der Waals surface area contributed by atoms with Gasteiger partial charge < -0.3 is 15.3 Å². The fraction of sp³-hybridized carbons (Fsp3) is 0.944. The Labute approximate surface area is 173 Å². The Kier molecular flexibility index (Phi) is 6.09. The molecular weight excluding hydrogens is 413 g/mol. The van der Waals surface area contributed by atoms with Crippen molar-refractivity contribution in [2.45, 2.75) is 67.7 Å². The van der Waals surface area contributed by atoms with E-state index in [0.717, 1.165) is 11.4 Å². The molecule has 3 N–H and O–H groups in total. The molecule has 10 heteroatoms. The summed E-state index contributed by atoms with van der Waals surface area (Å²) in [5.41, 5.74) is 3.00. The van der Waals surface area contributed by atoms with E-state index in [2.05, 4.69) is 10.7 Å². The van der Waals surface area contributed by atoms with Gasteiger partial charge in [-0.25, -0.2) is 5.43 Å². The third-order valence-electron chi connectivity index (χ3n) is 7.36. The zero-order chi connectivity index (χ0) is 20.2. The van der Waals surface area contributed by atoms with Gasteiger partial charge in [0.2, 0.25) is 5.91 Å². The van der Waals surface area contributed by atoms with Crippen LogP contribution in [-0.4, -0.2) is 82.1 Å². The van der Waals surface area contributed by atoms with Crippen molar-refractivity contribution in [2.75, 3.05) is 19.7 Å². The van der Waals surface area contributed by atoms with E-state index in [0.29, 0.717) is 25.9 Å². The Bertz CT molecular complexity index is 604. The molecule has 3 heterocycles. The Hall–Kier alpha value is -0.250. The number of aliphatic hydroxyl groups excluding tert-OH is 1. The molecule has 3 saturated heterocycles. The first kappa shape index (κ1) is 21.0. The summed E-state index contributed by atoms with van der Waals surface area (Å²) in [6, 6.07) is 0.0772. The second-order valence-corrected chi connectivity index (χ2v) is 9.65. The van der Waals surface area contributed by atoms with Gasteiger partial charge in [-0.2, -0.15) is 13.8 Å². The van der Waals surface area contributed by atoms with Crippen LogP contribution in [0.5, 0.6) is 0 Å². The van der Waals surface area contributed by atoms with Gasteiger partial charge >= 0.3 is 6.55 Å². The van der Waals surface area contributed by atoms with Gasteiger partial charge in [0.1, 0.15) is 6.61 Å². The molecule has 4 aliphatic rings. The van der Waals surface area contributed by atoms with Crippen LogP contribution in [0.4, 0.5) is 8.78 Å². The first-order valence-electron chi connectivity index (χ1n) is 10.1. The molecule has 1 aliphatic carbocycles. The molecule has 4 fully saturated rings. The average Bonchev–Trinajstić information content (AvgIpc) is 3.30. The van der Waals surface area contributed by atoms with Gasteiger partial charge in [-0.1, -0.05) is 0 Å². The summed E-state index contributed by atoms with van der Waals surface area (Å²) in [6.45, 7) is -0.106. The van der Waals surface area contributed by atoms with E-state index in [1.165, 1.54) is 0 Å². The van der Waals surface area contributed by atoms with Gasteiger partial charge in [0, 0.05) is 37.3 Å². The number of rotatable bonds is 3. The van der Waals surface area contributed by atoms with E-state index in [1.54, 1.807) is 4.90 Å². The lowest BCUT2D eigenvalue weighted by atomic mass is 9.65. The molecule has 3 aliphatic heterocycles. The first-order valence-corrected chi connectivity index (χ1v) is 11.0. The van der Waals surface area contributed by atoms with Gasteiger partial charge in [-0.3, -0.25) is 4.79 Å². The highest BCUT2D eigenvalue weighted by Crippen LogP contribution is 2.50. The van der Waals surface area contributed by atoms with Crippen molar-refractivity contribution in [1.82, 2.24) is 20.7 Å². The topological polar surface area (TPSA) is 67.8 Å². The molecule has 0 aromatic carbocycles. The molecule has 0 aromatic rings. The maximum atomic E-state index is 13.1. The van der Waals surface area contributed by atoms with E-state index >= 15 is 0 Å². The summed E-state index contributed by atoms with van der Waals surface area (Å²) in [6.07, 6.45) is 2.09. The smallest absolute Gasteiger partial charge is 0.306 e. The number of fused-ring (bicyclic) bond motifs is 3. The van der Waals surface area contributed by atoms with Crippen molar-refractivity contribution in [3.63, 3.8) is 0 Å². The summed E-state index contributed by atoms with van der Waals surface area (Å²) in [5.74, 6) is 0.136. The van der Waals surface area contributed by atoms with Gasteiger partial charge in [-0.05, 0) is 43.9 Å². The number of aliphatic hydroxyl groups is 1. The second-order valence-electron chi connectivity index (χ2n) is 8.58. The Morgan fingerprint density at radius 3 is 2.57 bits per heavy atom. The molecule has 160 valence electrons. The van der Waals surface area contributed by atoms with E-state index < -0.39 is 13.2 Å². The van der Waals surface area contributed by atoms with Crippen LogP contribution < -0.4 is 10.7 Å². The second kappa shape index (κ2) is 8.12. The van der Waals surface area contributed by atoms with Crippen molar-refractivity contribution < 1.29 is 18.7 Å². The number of piperidine rings is 1. The van der Waals surface area contributed by atoms with Crippen molar-refractivity contribution in [3.05, 3.63) is 0 Å². The van der Waals surface area contributed by atoms with Crippen LogP contribution >= 0.6 is 23.2 Å². The Morgan fingerprint density at radius 2 is 1.93 bits per heavy atom. The summed E-state index contributed by atoms with van der Waals surface area (Å²) in [5, 5.41) is 13.5. The molecule has 8 unspecified atom stereocenters. The highest BCUT2D eigenvalue weighted by molar-refractivity contribution is 6.30. The maximum Gasteiger partial charge on any atom is 0.306 e. The molecule has 6 nitrogen and oxygen atoms in total. The normalized spacial score (nSPS) is 46.7. The summed E-state index contributed by atoms with van der Waals surface area (Å²) in [4.78, 5) is 14.0. The monoisotopic (exact) mass is 440 g/mol. The number of alkyl halides is 4. The molecule has 0 radical (unpaired) electrons. The molecule has 4 rings (SSSR count). The number of nitrogens with zero attached hydrogens (tertiary/aromatic N) is 2. The van der Waals surface area contributed by atoms with Crippen LogP contribution in [0.15, 0.2) is 0 Å². The molecule has 0 spiro atoms. The lowest BCUT2D eigenvalue weighted by Gasteiger charge is -2.48. The third-order valence-corrected chi connectivity index (χ3v) is 8.52. The number of likely N-dealkylation sites (tertiary alicyclic amines) is 1. The number of carbonyl (C=O) groups excluding carboxylic acids is 1. The lowest BCUT2D eigenvalue weighted by molar-refractivity contribution is -0.140. The van der Waals surface area contributed by atoms with E-state index in [4.69, 9.17) is 23.2 Å². The predicted molar refractivity (Wildman–Crippen MR) is 102 cm³/mol. The molecule has 9 atom stereocenters. The van der Waals surface area contributed by atoms with E-state index in [9.17, 15) is 18.7 Å². The van der Waals surface area contributed by atoms with Crippen LogP contribution in [0.3, 0.4) is 0 Å². The zero-order valence-electron chi connectivity index (χ0n) is 15.8. The molecule has 1 saturated carbocycles. The molecular formula is C18H28Cl2F2N4O2. The number of nitrogens with one attached hydrogen (secondary N) is 2. The minimum Gasteiger partial charge on any atom is -0.387 e. The average molecular weight is 441 g/mol. The standard InChI is InChI=1S/C18H28Cl2F2N4O2/c1-8-14-12(2-4-25(8)13(28)7-27)23-17-15(14)9(6-10(19)16(17)20)11-3-5-26(24-11)18(21)22/h8-12,14-18,23-24,27H,2-7H2,1H3/t8-,9?,10?,11?,12?,14?,15?,16?,17?/m0/s1. The van der Waals surface area contributed by atoms with E-state index in [-0.39, 0.29) is 58.6 Å². The minimum absolute atomic E-state index is 0.00746. The third kappa shape index (κ3) is 3.44. The van der Waals surface area contributed by atoms with Crippen molar-refractivity contribution in [1.29, 1.82) is 0 Å². The van der Waals surface area contributed by atoms with Gasteiger partial charge in [0.05, 0.1) is 10.8 Å². The number of hydrazine groups is 1. The summed E-state index contributed by atoms with van der Waals surface area (Å²) in [7, 11) is 0. The fourth-order valence-corrected chi connectivity index (χ4v) is 6.89. The molecule has 0 bridgehead atoms. The Morgan fingerprint density at radius 1 is 1.21 bits per heavy atom. The first-order chi connectivity index (χ1) is 13.3. The number of hydrogen-bond donors (Lipinski definition) is 3. The van der Waals surface area contributed by atoms with Crippen LogP contribution in [0.2, 0.25) is 0 Å². The van der Waals surface area contributed by atoms with Crippen LogP contribution in [0.1, 0.15) is 26.2 Å². The quantitative estimate of drug-likeness (QED) is 0.454. The summed E-state index contributed by atoms with van der Waals surface area (Å²) < 4.78 is 26.3. The predicted octanol–water partition coefficient (Wildman–Crippen LogP) is 1.21. The maximum absolute atomic E-state index is 13.1. The molecule has 28 heavy (non-hydrogen) atoms. The summed E-state index contributed by atoms with van der Waals surface area (Å²) >= 11 is 13.3. The van der Waals surface area contributed by atoms with Crippen LogP contribution in [-0.2, 0) is 4.79 Å². The number of carbonyl (C=O) groups is 1. The minimum atomic E-state index is -2.53. The lowest BCUT2D eigenvalue weighted by Crippen LogP contribution is -2.57. The number of halogens is 4. The largest absolute Gasteiger partial charge is 0.387 e. The highest BCUT2D eigenvalue weighted by Gasteiger charge is 2.58. The van der Waals surface area contributed by atoms with Crippen molar-refractivity contribution in [2.24, 2.45) is 17.8 Å². The fourth-order valence-electron chi connectivity index (χ4n) is 6.19. The van der Waals surface area contributed by atoms with Gasteiger partial charge in [0.15, 0.2) is 0 Å². The molecule has 1 amide bonds. The van der Waals surface area contributed by atoms with Crippen LogP contribution in [0.25, 0.3) is 0 Å². The zero-order valence-corrected chi connectivity index (χ0v) is 17.3. The highest BCUT2D eigenvalue weighted by atomic mass is 35.5. The van der Waals surface area contributed by atoms with Crippen molar-refractivity contribution in [3.8, 4) is 0 Å². The Balaban J connectivity index is 1.60. The van der Waals surface area contributed by atoms with Gasteiger partial charge in [-0.15, -0.1) is 23.2 Å². The van der Waals surface area contributed by atoms with Crippen molar-refractivity contribution >= 4 is 29.1 Å². The molecule has 0 aromatic heterocycles. The number of amides is 1. The number of hydrogen-bond acceptors (Lipinski definition) is 5.